The zero-order valence-corrected chi connectivity index (χ0v) is 59.2. The largest absolute Gasteiger partial charge is 0.540 e. The minimum Gasteiger partial charge on any atom is -0.432 e. The number of cyclic esters (lactones) is 1. The van der Waals surface area contributed by atoms with Gasteiger partial charge in [-0.1, -0.05) is 47.5 Å². The molecule has 0 amide bonds. The molecule has 29 heteroatoms. The molecule has 0 aromatic carbocycles. The topological polar surface area (TPSA) is 323 Å². The molecule has 0 N–H and O–H groups in total. The van der Waals surface area contributed by atoms with E-state index < -0.39 is 76.7 Å². The maximum atomic E-state index is 11.2. The molecule has 0 aromatic rings. The van der Waals surface area contributed by atoms with Crippen molar-refractivity contribution in [1.29, 1.82) is 0 Å². The van der Waals surface area contributed by atoms with Crippen molar-refractivity contribution < 1.29 is 140 Å². The fourth-order valence-corrected chi connectivity index (χ4v) is 5.57. The molecule has 1 aliphatic rings. The SMILES string of the molecule is CC(C)(C)OOC(=O)OCCCCCCOC(=O)OOC(C)(C)C.CC(C)(C)OOC(=O)OCCOCCOC(=O)OOC(C)(C)C.CC(C)OC(=O)OOC(C)(C)C.CC(C)OC(=O)OOCCC(C)(C)C.CCCCC1(CC)COC(=O)OOC(C)(C)C1. The number of ether oxygens (including phenoxy) is 8. The lowest BCUT2D eigenvalue weighted by molar-refractivity contribution is -0.334. The van der Waals surface area contributed by atoms with Crippen LogP contribution in [0.3, 0.4) is 0 Å². The molecule has 0 radical (unpaired) electrons. The van der Waals surface area contributed by atoms with Crippen LogP contribution in [0, 0.1) is 10.8 Å². The Morgan fingerprint density at radius 3 is 1.12 bits per heavy atom. The molecular formula is C61H116O29. The highest BCUT2D eigenvalue weighted by Gasteiger charge is 2.40. The van der Waals surface area contributed by atoms with E-state index in [1.54, 1.807) is 132 Å². The van der Waals surface area contributed by atoms with E-state index >= 15 is 0 Å². The van der Waals surface area contributed by atoms with Gasteiger partial charge in [-0.15, -0.1) is 0 Å². The fourth-order valence-electron chi connectivity index (χ4n) is 5.57. The van der Waals surface area contributed by atoms with Gasteiger partial charge in [-0.3, -0.25) is 34.2 Å². The molecule has 1 heterocycles. The Morgan fingerprint density at radius 2 is 0.800 bits per heavy atom. The summed E-state index contributed by atoms with van der Waals surface area (Å²) in [5, 5.41) is 0. The van der Waals surface area contributed by atoms with E-state index in [1.807, 2.05) is 13.8 Å². The molecule has 1 aliphatic heterocycles. The molecular weight excluding hydrogens is 1200 g/mol. The van der Waals surface area contributed by atoms with Crippen molar-refractivity contribution in [1.82, 2.24) is 0 Å². The molecule has 0 aromatic heterocycles. The number of carbonyl (C=O) groups is 7. The smallest absolute Gasteiger partial charge is 0.432 e. The van der Waals surface area contributed by atoms with Gasteiger partial charge in [0.05, 0.1) is 45.2 Å². The quantitative estimate of drug-likeness (QED) is 0.0242. The fraction of sp³-hybridized carbons (Fsp3) is 0.885. The molecule has 1 fully saturated rings. The summed E-state index contributed by atoms with van der Waals surface area (Å²) in [6.07, 6.45) is 2.68. The van der Waals surface area contributed by atoms with Crippen molar-refractivity contribution >= 4 is 43.1 Å². The number of rotatable bonds is 27. The van der Waals surface area contributed by atoms with Gasteiger partial charge in [0.1, 0.15) is 53.4 Å². The van der Waals surface area contributed by atoms with E-state index in [2.05, 4.69) is 83.0 Å². The predicted octanol–water partition coefficient (Wildman–Crippen LogP) is 16.1. The van der Waals surface area contributed by atoms with Gasteiger partial charge in [0, 0.05) is 5.41 Å². The molecule has 0 bridgehead atoms. The van der Waals surface area contributed by atoms with E-state index in [4.69, 9.17) is 57.9 Å². The van der Waals surface area contributed by atoms with Crippen molar-refractivity contribution in [2.24, 2.45) is 10.8 Å². The Hall–Kier alpha value is -5.43. The molecule has 1 saturated heterocycles. The Balaban J connectivity index is -0.000000525. The van der Waals surface area contributed by atoms with E-state index in [0.717, 1.165) is 51.4 Å². The number of hydrogen-bond acceptors (Lipinski definition) is 29. The van der Waals surface area contributed by atoms with Crippen molar-refractivity contribution in [3.05, 3.63) is 0 Å². The molecule has 0 spiro atoms. The number of carbonyl (C=O) groups excluding carboxylic acids is 7. The maximum absolute atomic E-state index is 11.2. The zero-order chi connectivity index (χ0) is 70.5. The highest BCUT2D eigenvalue weighted by atomic mass is 17.3. The third-order valence-corrected chi connectivity index (χ3v) is 9.34. The van der Waals surface area contributed by atoms with Gasteiger partial charge in [-0.25, -0.2) is 33.6 Å². The molecule has 29 nitrogen and oxygen atoms in total. The average molecular weight is 1310 g/mol. The Kier molecular flexibility index (Phi) is 48.0. The average Bonchev–Trinajstić information content (AvgIpc) is 1.57. The lowest BCUT2D eigenvalue weighted by Crippen LogP contribution is -2.41. The van der Waals surface area contributed by atoms with E-state index in [-0.39, 0.29) is 62.7 Å². The Bertz CT molecular complexity index is 1850. The monoisotopic (exact) mass is 1310 g/mol. The summed E-state index contributed by atoms with van der Waals surface area (Å²) in [7, 11) is 0. The highest BCUT2D eigenvalue weighted by molar-refractivity contribution is 5.61. The summed E-state index contributed by atoms with van der Waals surface area (Å²) in [4.78, 5) is 142. The van der Waals surface area contributed by atoms with Gasteiger partial charge >= 0.3 is 43.1 Å². The standard InChI is InChI=1S/C16H30O8.C14H26O9.C13H24O4.C10H20O4.C8H16O4/c1-15(2,3)23-21-13(17)19-11-9-7-8-10-12-20-14(18)22-24-16(4,5)6;1-13(2,3)22-20-11(15)18-9-7-17-8-10-19-12(16)21-23-14(4,5)6;1-5-7-8-13(6-2)9-12(3,4)17-16-11(14)15-10-13;1-8(2)13-9(11)14-12-7-6-10(3,4)5;1-6(2)10-7(9)11-12-8(3,4)5/h7-12H2,1-6H3;7-10H2,1-6H3;5-10H2,1-4H3;8H,6-7H2,1-5H3;6H,1-5H3. The minimum absolute atomic E-state index is 0.0128. The molecule has 1 atom stereocenters. The van der Waals surface area contributed by atoms with Crippen molar-refractivity contribution in [3.8, 4) is 0 Å². The summed E-state index contributed by atoms with van der Waals surface area (Å²) in [6.45, 7) is 49.1. The maximum Gasteiger partial charge on any atom is 0.540 e. The first-order chi connectivity index (χ1) is 41.0. The van der Waals surface area contributed by atoms with Crippen molar-refractivity contribution in [3.63, 3.8) is 0 Å². The normalized spacial score (nSPS) is 14.9. The van der Waals surface area contributed by atoms with Gasteiger partial charge in [0.25, 0.3) is 0 Å². The molecule has 534 valence electrons. The van der Waals surface area contributed by atoms with Crippen LogP contribution >= 0.6 is 0 Å². The third kappa shape index (κ3) is 71.6. The summed E-state index contributed by atoms with van der Waals surface area (Å²) >= 11 is 0. The van der Waals surface area contributed by atoms with Crippen LogP contribution in [0.2, 0.25) is 0 Å². The molecule has 1 rings (SSSR count). The second kappa shape index (κ2) is 47.5. The first-order valence-electron chi connectivity index (χ1n) is 30.3. The first-order valence-corrected chi connectivity index (χ1v) is 30.3. The Morgan fingerprint density at radius 1 is 0.456 bits per heavy atom. The number of unbranched alkanes of at least 4 members (excludes halogenated alkanes) is 4. The second-order valence-corrected chi connectivity index (χ2v) is 27.5. The summed E-state index contributed by atoms with van der Waals surface area (Å²) in [5.74, 6) is 0. The van der Waals surface area contributed by atoms with E-state index in [9.17, 15) is 33.6 Å². The Labute approximate surface area is 535 Å². The first kappa shape index (κ1) is 91.0. The summed E-state index contributed by atoms with van der Waals surface area (Å²) in [6, 6.07) is 0. The highest BCUT2D eigenvalue weighted by Crippen LogP contribution is 2.40. The predicted molar refractivity (Wildman–Crippen MR) is 323 cm³/mol. The molecule has 0 aliphatic carbocycles. The van der Waals surface area contributed by atoms with Crippen LogP contribution in [0.15, 0.2) is 0 Å². The molecule has 0 saturated carbocycles. The van der Waals surface area contributed by atoms with Gasteiger partial charge in [-0.2, -0.15) is 34.2 Å². The van der Waals surface area contributed by atoms with Gasteiger partial charge in [0.15, 0.2) is 0 Å². The van der Waals surface area contributed by atoms with Crippen LogP contribution in [0.5, 0.6) is 0 Å². The van der Waals surface area contributed by atoms with Crippen LogP contribution in [-0.2, 0) is 106 Å². The molecule has 1 unspecified atom stereocenters. The van der Waals surface area contributed by atoms with Crippen LogP contribution < -0.4 is 0 Å². The number of hydrogen-bond donors (Lipinski definition) is 0. The third-order valence-electron chi connectivity index (χ3n) is 9.34. The van der Waals surface area contributed by atoms with E-state index in [0.29, 0.717) is 26.1 Å². The van der Waals surface area contributed by atoms with Gasteiger partial charge in [-0.05, 0) is 202 Å². The summed E-state index contributed by atoms with van der Waals surface area (Å²) in [5.41, 5.74) is -3.14. The molecule has 90 heavy (non-hydrogen) atoms. The summed E-state index contributed by atoms with van der Waals surface area (Å²) < 4.78 is 38.6. The van der Waals surface area contributed by atoms with Crippen LogP contribution in [-0.4, -0.2) is 142 Å². The van der Waals surface area contributed by atoms with Crippen molar-refractivity contribution in [2.75, 3.05) is 52.9 Å². The minimum atomic E-state index is -0.956. The lowest BCUT2D eigenvalue weighted by atomic mass is 9.73. The van der Waals surface area contributed by atoms with Gasteiger partial charge in [0.2, 0.25) is 0 Å². The second-order valence-electron chi connectivity index (χ2n) is 27.5. The lowest BCUT2D eigenvalue weighted by Gasteiger charge is -2.39. The zero-order valence-electron chi connectivity index (χ0n) is 59.2. The van der Waals surface area contributed by atoms with Crippen LogP contribution in [0.25, 0.3) is 0 Å². The van der Waals surface area contributed by atoms with Crippen LogP contribution in [0.1, 0.15) is 244 Å². The van der Waals surface area contributed by atoms with Crippen molar-refractivity contribution in [2.45, 2.75) is 290 Å². The van der Waals surface area contributed by atoms with Gasteiger partial charge < -0.3 is 37.9 Å². The van der Waals surface area contributed by atoms with Crippen LogP contribution in [0.4, 0.5) is 33.6 Å². The van der Waals surface area contributed by atoms with E-state index in [1.165, 1.54) is 0 Å².